The number of nitrogens with zero attached hydrogens (tertiary/aromatic N) is 1. The van der Waals surface area contributed by atoms with Gasteiger partial charge < -0.3 is 14.7 Å². The smallest absolute Gasteiger partial charge is 0.306 e. The lowest BCUT2D eigenvalue weighted by molar-refractivity contribution is -0.137. The summed E-state index contributed by atoms with van der Waals surface area (Å²) in [7, 11) is 0. The summed E-state index contributed by atoms with van der Waals surface area (Å²) in [6.45, 7) is 2.28. The molecule has 3 rings (SSSR count). The van der Waals surface area contributed by atoms with Crippen LogP contribution < -0.4 is 9.64 Å². The van der Waals surface area contributed by atoms with Gasteiger partial charge in [0.2, 0.25) is 0 Å². The van der Waals surface area contributed by atoms with E-state index in [-0.39, 0.29) is 18.8 Å². The Morgan fingerprint density at radius 1 is 1.00 bits per heavy atom. The van der Waals surface area contributed by atoms with Gasteiger partial charge in [0.05, 0.1) is 13.0 Å². The quantitative estimate of drug-likeness (QED) is 0.515. The Balaban J connectivity index is 1.59. The molecule has 2 aromatic rings. The van der Waals surface area contributed by atoms with E-state index in [0.717, 1.165) is 18.7 Å². The average molecular weight is 393 g/mol. The molecule has 1 aliphatic heterocycles. The van der Waals surface area contributed by atoms with E-state index >= 15 is 0 Å². The van der Waals surface area contributed by atoms with Crippen LogP contribution in [0.15, 0.2) is 54.6 Å². The molecule has 0 unspecified atom stereocenters. The van der Waals surface area contributed by atoms with Crippen LogP contribution in [0.4, 0.5) is 5.69 Å². The number of ketones is 1. The minimum atomic E-state index is -0.895. The third kappa shape index (κ3) is 6.49. The summed E-state index contributed by atoms with van der Waals surface area (Å²) in [6, 6.07) is 15.1. The van der Waals surface area contributed by atoms with Crippen molar-refractivity contribution in [2.75, 3.05) is 24.6 Å². The highest BCUT2D eigenvalue weighted by Gasteiger charge is 2.10. The van der Waals surface area contributed by atoms with Crippen molar-refractivity contribution in [3.8, 4) is 5.75 Å². The first-order valence-electron chi connectivity index (χ1n) is 10.1. The lowest BCUT2D eigenvalue weighted by Gasteiger charge is -2.22. The average Bonchev–Trinajstić information content (AvgIpc) is 3.02. The molecule has 0 spiro atoms. The topological polar surface area (TPSA) is 66.8 Å². The summed E-state index contributed by atoms with van der Waals surface area (Å²) in [5.74, 6) is -0.360. The monoisotopic (exact) mass is 393 g/mol. The van der Waals surface area contributed by atoms with Gasteiger partial charge in [-0.05, 0) is 60.9 Å². The maximum atomic E-state index is 12.5. The van der Waals surface area contributed by atoms with Crippen LogP contribution in [0, 0.1) is 0 Å². The van der Waals surface area contributed by atoms with Gasteiger partial charge >= 0.3 is 5.97 Å². The zero-order valence-corrected chi connectivity index (χ0v) is 16.5. The van der Waals surface area contributed by atoms with E-state index in [4.69, 9.17) is 9.84 Å². The molecule has 0 atom stereocenters. The third-order valence-electron chi connectivity index (χ3n) is 4.99. The van der Waals surface area contributed by atoms with Crippen LogP contribution in [-0.4, -0.2) is 36.6 Å². The normalized spacial score (nSPS) is 14.6. The van der Waals surface area contributed by atoms with Gasteiger partial charge in [0.25, 0.3) is 0 Å². The van der Waals surface area contributed by atoms with E-state index in [1.54, 1.807) is 24.3 Å². The van der Waals surface area contributed by atoms with Crippen molar-refractivity contribution >= 4 is 23.5 Å². The summed E-state index contributed by atoms with van der Waals surface area (Å²) in [5, 5.41) is 8.67. The van der Waals surface area contributed by atoms with Crippen LogP contribution in [0.3, 0.4) is 0 Å². The van der Waals surface area contributed by atoms with E-state index in [1.807, 2.05) is 36.4 Å². The molecule has 1 N–H and O–H groups in total. The Labute approximate surface area is 171 Å². The van der Waals surface area contributed by atoms with E-state index in [2.05, 4.69) is 4.90 Å². The van der Waals surface area contributed by atoms with Crippen molar-refractivity contribution in [1.29, 1.82) is 0 Å². The maximum absolute atomic E-state index is 12.5. The van der Waals surface area contributed by atoms with Gasteiger partial charge in [-0.2, -0.15) is 0 Å². The number of allylic oxidation sites excluding steroid dienone is 1. The number of rotatable bonds is 8. The van der Waals surface area contributed by atoms with E-state index in [0.29, 0.717) is 11.3 Å². The van der Waals surface area contributed by atoms with Crippen molar-refractivity contribution < 1.29 is 19.4 Å². The predicted molar refractivity (Wildman–Crippen MR) is 115 cm³/mol. The number of aliphatic carboxylic acids is 1. The van der Waals surface area contributed by atoms with Gasteiger partial charge in [-0.15, -0.1) is 0 Å². The first-order valence-corrected chi connectivity index (χ1v) is 10.1. The summed E-state index contributed by atoms with van der Waals surface area (Å²) in [5.41, 5.74) is 2.67. The van der Waals surface area contributed by atoms with Crippen molar-refractivity contribution in [2.24, 2.45) is 0 Å². The largest absolute Gasteiger partial charge is 0.493 e. The Morgan fingerprint density at radius 2 is 1.72 bits per heavy atom. The van der Waals surface area contributed by atoms with Gasteiger partial charge in [0.15, 0.2) is 5.78 Å². The van der Waals surface area contributed by atoms with Crippen LogP contribution in [0.1, 0.15) is 48.0 Å². The highest BCUT2D eigenvalue weighted by atomic mass is 16.5. The minimum absolute atomic E-state index is 0.0496. The lowest BCUT2D eigenvalue weighted by atomic mass is 10.1. The molecule has 0 aromatic heterocycles. The number of hydrogen-bond acceptors (Lipinski definition) is 4. The molecule has 0 aliphatic carbocycles. The maximum Gasteiger partial charge on any atom is 0.306 e. The number of hydrogen-bond donors (Lipinski definition) is 1. The fraction of sp³-hybridized carbons (Fsp3) is 0.333. The molecule has 1 fully saturated rings. The van der Waals surface area contributed by atoms with Crippen LogP contribution in [0.25, 0.3) is 6.08 Å². The Hall–Kier alpha value is -3.08. The first kappa shape index (κ1) is 20.6. The second-order valence-corrected chi connectivity index (χ2v) is 7.21. The zero-order valence-electron chi connectivity index (χ0n) is 16.5. The van der Waals surface area contributed by atoms with Crippen molar-refractivity contribution in [3.63, 3.8) is 0 Å². The fourth-order valence-corrected chi connectivity index (χ4v) is 3.40. The molecule has 1 saturated heterocycles. The molecule has 1 heterocycles. The summed E-state index contributed by atoms with van der Waals surface area (Å²) in [4.78, 5) is 25.5. The second kappa shape index (κ2) is 10.5. The first-order chi connectivity index (χ1) is 14.1. The van der Waals surface area contributed by atoms with Crippen LogP contribution in [-0.2, 0) is 4.79 Å². The highest BCUT2D eigenvalue weighted by molar-refractivity contribution is 6.07. The Bertz CT molecular complexity index is 849. The molecule has 5 heteroatoms. The van der Waals surface area contributed by atoms with Gasteiger partial charge in [0, 0.05) is 24.3 Å². The molecular weight excluding hydrogens is 366 g/mol. The number of carbonyl (C=O) groups is 2. The minimum Gasteiger partial charge on any atom is -0.493 e. The van der Waals surface area contributed by atoms with Gasteiger partial charge in [-0.25, -0.2) is 0 Å². The lowest BCUT2D eigenvalue weighted by Crippen LogP contribution is -2.23. The van der Waals surface area contributed by atoms with E-state index in [1.165, 1.54) is 31.4 Å². The van der Waals surface area contributed by atoms with Gasteiger partial charge in [-0.1, -0.05) is 31.1 Å². The molecule has 152 valence electrons. The molecule has 5 nitrogen and oxygen atoms in total. The number of carbonyl (C=O) groups excluding carboxylic acids is 1. The summed E-state index contributed by atoms with van der Waals surface area (Å²) < 4.78 is 5.42. The summed E-state index contributed by atoms with van der Waals surface area (Å²) >= 11 is 0. The zero-order chi connectivity index (χ0) is 20.5. The molecule has 1 aliphatic rings. The Kier molecular flexibility index (Phi) is 7.45. The summed E-state index contributed by atoms with van der Waals surface area (Å²) in [6.07, 6.45) is 8.29. The SMILES string of the molecule is O=C(O)CCOc1cccc(/C=C/C(=O)c2ccc(N3CCCCCC3)cc2)c1. The molecule has 0 amide bonds. The van der Waals surface area contributed by atoms with Crippen LogP contribution >= 0.6 is 0 Å². The third-order valence-corrected chi connectivity index (χ3v) is 4.99. The van der Waals surface area contributed by atoms with Crippen LogP contribution in [0.2, 0.25) is 0 Å². The van der Waals surface area contributed by atoms with E-state index < -0.39 is 5.97 Å². The molecule has 0 bridgehead atoms. The Morgan fingerprint density at radius 3 is 2.41 bits per heavy atom. The van der Waals surface area contributed by atoms with Gasteiger partial charge in [0.1, 0.15) is 5.75 Å². The number of benzene rings is 2. The highest BCUT2D eigenvalue weighted by Crippen LogP contribution is 2.21. The van der Waals surface area contributed by atoms with Gasteiger partial charge in [-0.3, -0.25) is 9.59 Å². The van der Waals surface area contributed by atoms with Crippen LogP contribution in [0.5, 0.6) is 5.75 Å². The molecule has 29 heavy (non-hydrogen) atoms. The molecular formula is C24H27NO4. The van der Waals surface area contributed by atoms with Crippen molar-refractivity contribution in [3.05, 3.63) is 65.7 Å². The number of carboxylic acids is 1. The van der Waals surface area contributed by atoms with E-state index in [9.17, 15) is 9.59 Å². The fourth-order valence-electron chi connectivity index (χ4n) is 3.40. The van der Waals surface area contributed by atoms with Crippen molar-refractivity contribution in [1.82, 2.24) is 0 Å². The number of anilines is 1. The second-order valence-electron chi connectivity index (χ2n) is 7.21. The molecule has 0 radical (unpaired) electrons. The molecule has 2 aromatic carbocycles. The standard InChI is InChI=1S/C24H27NO4/c26-23(13-8-19-6-5-7-22(18-19)29-17-14-24(27)28)20-9-11-21(12-10-20)25-15-3-1-2-4-16-25/h5-13,18H,1-4,14-17H2,(H,27,28)/b13-8+. The number of carboxylic acid groups (broad SMARTS) is 1. The number of ether oxygens (including phenoxy) is 1. The molecule has 0 saturated carbocycles. The van der Waals surface area contributed by atoms with Crippen molar-refractivity contribution in [2.45, 2.75) is 32.1 Å². The predicted octanol–water partition coefficient (Wildman–Crippen LogP) is 4.82.